The summed E-state index contributed by atoms with van der Waals surface area (Å²) in [5.41, 5.74) is 1.15. The van der Waals surface area contributed by atoms with Gasteiger partial charge in [-0.05, 0) is 126 Å². The third-order valence-corrected chi connectivity index (χ3v) is 11.8. The maximum Gasteiger partial charge on any atom is 0.411 e. The van der Waals surface area contributed by atoms with Gasteiger partial charge in [0, 0.05) is 23.2 Å². The molecule has 58 heavy (non-hydrogen) atoms. The summed E-state index contributed by atoms with van der Waals surface area (Å²) in [4.78, 5) is 82.1. The standard InChI is InChI=1S/C46H54N2O10/c1-45(2,3)57-43(53)47-35-11-7-9-32(35)23-37(47)41(51)55-25-39(49)28-15-13-27(14-16-28)29-17-18-31-22-34(20-19-30(31)21-29)40(50)26-56-42(52)38-24-33-10-8-12-36(33)48(38)44(54)58-46(4,5)6/h13-22,32-33,35-38H,7-12,23-26H2,1-6H3/t32?,33-,35?,36-,37?,38-/m0/s1. The van der Waals surface area contributed by atoms with Gasteiger partial charge < -0.3 is 18.9 Å². The van der Waals surface area contributed by atoms with Gasteiger partial charge in [0.05, 0.1) is 0 Å². The van der Waals surface area contributed by atoms with E-state index >= 15 is 0 Å². The third kappa shape index (κ3) is 8.90. The van der Waals surface area contributed by atoms with Crippen molar-refractivity contribution in [3.63, 3.8) is 0 Å². The number of ether oxygens (including phenoxy) is 4. The molecule has 0 aromatic heterocycles. The number of hydrogen-bond acceptors (Lipinski definition) is 10. The first-order chi connectivity index (χ1) is 27.5. The number of amides is 2. The number of ketones is 2. The van der Waals surface area contributed by atoms with Crippen LogP contribution in [0.25, 0.3) is 21.9 Å². The van der Waals surface area contributed by atoms with Crippen LogP contribution in [-0.2, 0) is 28.5 Å². The number of carbonyl (C=O) groups is 6. The number of hydrogen-bond donors (Lipinski definition) is 0. The fourth-order valence-electron chi connectivity index (χ4n) is 9.23. The Hall–Kier alpha value is -5.26. The normalized spacial score (nSPS) is 24.0. The molecule has 2 aliphatic heterocycles. The lowest BCUT2D eigenvalue weighted by atomic mass is 9.98. The second-order valence-electron chi connectivity index (χ2n) is 18.2. The zero-order valence-electron chi connectivity index (χ0n) is 34.3. The van der Waals surface area contributed by atoms with Gasteiger partial charge in [-0.15, -0.1) is 0 Å². The molecule has 0 radical (unpaired) electrons. The summed E-state index contributed by atoms with van der Waals surface area (Å²) < 4.78 is 22.3. The van der Waals surface area contributed by atoms with Crippen molar-refractivity contribution in [3.05, 3.63) is 71.8 Å². The molecule has 2 heterocycles. The van der Waals surface area contributed by atoms with E-state index in [2.05, 4.69) is 0 Å². The molecule has 12 nitrogen and oxygen atoms in total. The van der Waals surface area contributed by atoms with Crippen molar-refractivity contribution in [2.45, 2.75) is 128 Å². The highest BCUT2D eigenvalue weighted by Crippen LogP contribution is 2.43. The second-order valence-corrected chi connectivity index (χ2v) is 18.2. The van der Waals surface area contributed by atoms with Crippen LogP contribution in [-0.4, -0.2) is 94.1 Å². The Kier molecular flexibility index (Phi) is 11.4. The SMILES string of the molecule is CC(C)(C)OC(=O)N1C(C(=O)OCC(=O)c2ccc(-c3ccc4cc(C(=O)COC(=O)[C@@H]5C[C@@H]6CCC[C@@H]6N5C(=O)OC(C)(C)C)ccc4c3)cc2)CC2CCCC21. The number of Topliss-reactive ketones (excluding diaryl/α,β-unsaturated/α-hetero) is 2. The van der Waals surface area contributed by atoms with E-state index < -0.39 is 60.6 Å². The minimum atomic E-state index is -0.780. The Morgan fingerprint density at radius 2 is 0.983 bits per heavy atom. The first-order valence-electron chi connectivity index (χ1n) is 20.5. The quantitative estimate of drug-likeness (QED) is 0.118. The van der Waals surface area contributed by atoms with Gasteiger partial charge in [0.25, 0.3) is 0 Å². The molecule has 4 fully saturated rings. The highest BCUT2D eigenvalue weighted by atomic mass is 16.6. The molecule has 0 bridgehead atoms. The van der Waals surface area contributed by atoms with Crippen molar-refractivity contribution in [2.75, 3.05) is 13.2 Å². The summed E-state index contributed by atoms with van der Waals surface area (Å²) in [6.07, 6.45) is 5.46. The van der Waals surface area contributed by atoms with Crippen LogP contribution < -0.4 is 0 Å². The average Bonchev–Trinajstić information content (AvgIpc) is 3.96. The Labute approximate surface area is 339 Å². The van der Waals surface area contributed by atoms with Crippen LogP contribution in [0.3, 0.4) is 0 Å². The lowest BCUT2D eigenvalue weighted by Gasteiger charge is -2.31. The first-order valence-corrected chi connectivity index (χ1v) is 20.5. The van der Waals surface area contributed by atoms with Crippen LogP contribution in [0.4, 0.5) is 9.59 Å². The Morgan fingerprint density at radius 3 is 1.48 bits per heavy atom. The zero-order chi connectivity index (χ0) is 41.5. The number of rotatable bonds is 9. The van der Waals surface area contributed by atoms with E-state index in [1.165, 1.54) is 9.80 Å². The van der Waals surface area contributed by atoms with E-state index in [0.717, 1.165) is 60.4 Å². The molecule has 308 valence electrons. The van der Waals surface area contributed by atoms with Crippen molar-refractivity contribution >= 4 is 46.5 Å². The summed E-state index contributed by atoms with van der Waals surface area (Å²) in [5.74, 6) is -1.46. The molecule has 2 saturated heterocycles. The smallest absolute Gasteiger partial charge is 0.411 e. The summed E-state index contributed by atoms with van der Waals surface area (Å²) >= 11 is 0. The number of carbonyl (C=O) groups excluding carboxylic acids is 6. The Balaban J connectivity index is 0.935. The molecule has 3 aromatic rings. The number of fused-ring (bicyclic) bond motifs is 3. The molecule has 2 amide bonds. The summed E-state index contributed by atoms with van der Waals surface area (Å²) in [6.45, 7) is 9.87. The molecule has 2 saturated carbocycles. The minimum absolute atomic E-state index is 0.0606. The van der Waals surface area contributed by atoms with Crippen LogP contribution in [0, 0.1) is 11.8 Å². The molecule has 3 aromatic carbocycles. The van der Waals surface area contributed by atoms with Crippen LogP contribution in [0.15, 0.2) is 60.7 Å². The van der Waals surface area contributed by atoms with E-state index in [4.69, 9.17) is 18.9 Å². The van der Waals surface area contributed by atoms with Crippen molar-refractivity contribution in [1.82, 2.24) is 9.80 Å². The van der Waals surface area contributed by atoms with E-state index in [0.29, 0.717) is 24.0 Å². The summed E-state index contributed by atoms with van der Waals surface area (Å²) in [7, 11) is 0. The summed E-state index contributed by atoms with van der Waals surface area (Å²) in [5, 5.41) is 1.71. The Morgan fingerprint density at radius 1 is 0.552 bits per heavy atom. The first kappa shape index (κ1) is 40.9. The van der Waals surface area contributed by atoms with Gasteiger partial charge in [0.2, 0.25) is 0 Å². The highest BCUT2D eigenvalue weighted by Gasteiger charge is 2.52. The largest absolute Gasteiger partial charge is 0.456 e. The highest BCUT2D eigenvalue weighted by molar-refractivity contribution is 6.02. The lowest BCUT2D eigenvalue weighted by Crippen LogP contribution is -2.47. The fourth-order valence-corrected chi connectivity index (χ4v) is 9.23. The van der Waals surface area contributed by atoms with Gasteiger partial charge in [0.1, 0.15) is 23.3 Å². The predicted octanol–water partition coefficient (Wildman–Crippen LogP) is 8.31. The van der Waals surface area contributed by atoms with Crippen LogP contribution >= 0.6 is 0 Å². The number of likely N-dealkylation sites (tertiary alicyclic amines) is 2. The monoisotopic (exact) mass is 794 g/mol. The molecule has 6 atom stereocenters. The van der Waals surface area contributed by atoms with Gasteiger partial charge in [0.15, 0.2) is 24.8 Å². The number of benzene rings is 3. The fraction of sp³-hybridized carbons (Fsp3) is 0.522. The number of nitrogens with zero attached hydrogens (tertiary/aromatic N) is 2. The van der Waals surface area contributed by atoms with Crippen LogP contribution in [0.1, 0.15) is 114 Å². The molecule has 3 unspecified atom stereocenters. The minimum Gasteiger partial charge on any atom is -0.456 e. The van der Waals surface area contributed by atoms with E-state index in [1.807, 2.05) is 36.4 Å². The molecule has 12 heteroatoms. The maximum absolute atomic E-state index is 13.3. The molecule has 0 N–H and O–H groups in total. The van der Waals surface area contributed by atoms with Crippen molar-refractivity contribution in [2.24, 2.45) is 11.8 Å². The average molecular weight is 795 g/mol. The number of esters is 2. The van der Waals surface area contributed by atoms with Gasteiger partial charge in [-0.3, -0.25) is 19.4 Å². The molecule has 7 rings (SSSR count). The van der Waals surface area contributed by atoms with Gasteiger partial charge in [-0.2, -0.15) is 0 Å². The lowest BCUT2D eigenvalue weighted by molar-refractivity contribution is -0.148. The van der Waals surface area contributed by atoms with E-state index in [-0.39, 0.29) is 35.5 Å². The topological polar surface area (TPSA) is 146 Å². The Bertz CT molecular complexity index is 2100. The molecule has 0 spiro atoms. The maximum atomic E-state index is 13.3. The predicted molar refractivity (Wildman–Crippen MR) is 215 cm³/mol. The van der Waals surface area contributed by atoms with Crippen LogP contribution in [0.5, 0.6) is 0 Å². The van der Waals surface area contributed by atoms with Gasteiger partial charge >= 0.3 is 24.1 Å². The second kappa shape index (κ2) is 16.2. The van der Waals surface area contributed by atoms with Crippen molar-refractivity contribution in [3.8, 4) is 11.1 Å². The van der Waals surface area contributed by atoms with E-state index in [1.54, 1.807) is 65.8 Å². The van der Waals surface area contributed by atoms with Crippen LogP contribution in [0.2, 0.25) is 0 Å². The van der Waals surface area contributed by atoms with E-state index in [9.17, 15) is 28.8 Å². The third-order valence-electron chi connectivity index (χ3n) is 11.8. The summed E-state index contributed by atoms with van der Waals surface area (Å²) in [6, 6.07) is 16.5. The van der Waals surface area contributed by atoms with Gasteiger partial charge in [-0.25, -0.2) is 19.2 Å². The van der Waals surface area contributed by atoms with Crippen molar-refractivity contribution < 1.29 is 47.7 Å². The molecular formula is C46H54N2O10. The molecular weight excluding hydrogens is 741 g/mol. The van der Waals surface area contributed by atoms with Crippen molar-refractivity contribution in [1.29, 1.82) is 0 Å². The molecule has 2 aliphatic carbocycles. The van der Waals surface area contributed by atoms with Gasteiger partial charge in [-0.1, -0.05) is 61.4 Å². The molecule has 4 aliphatic rings. The zero-order valence-corrected chi connectivity index (χ0v) is 34.3.